The Balaban J connectivity index is 0.000000493. The molecule has 0 bridgehead atoms. The Morgan fingerprint density at radius 1 is 0.440 bits per heavy atom. The summed E-state index contributed by atoms with van der Waals surface area (Å²) in [6, 6.07) is 16.2. The molecule has 11 aromatic heterocycles. The van der Waals surface area contributed by atoms with Crippen molar-refractivity contribution in [3.63, 3.8) is 0 Å². The lowest BCUT2D eigenvalue weighted by molar-refractivity contribution is 0.393. The fraction of sp³-hybridized carbons (Fsp3) is 0.400. The monoisotopic (exact) mass is 1300 g/mol. The molecule has 21 heteroatoms. The number of thiazole rings is 1. The first-order chi connectivity index (χ1) is 42.7. The van der Waals surface area contributed by atoms with E-state index in [-0.39, 0.29) is 0 Å². The molecule has 13 rings (SSSR count). The molecule has 0 saturated carbocycles. The van der Waals surface area contributed by atoms with E-state index in [0.717, 1.165) is 68.1 Å². The molecule has 2 aliphatic rings. The first-order valence-corrected chi connectivity index (χ1v) is 32.1. The van der Waals surface area contributed by atoms with Crippen molar-refractivity contribution in [1.82, 2.24) is 69.0 Å². The highest BCUT2D eigenvalue weighted by Gasteiger charge is 1.97. The zero-order valence-corrected chi connectivity index (χ0v) is 61.5. The second-order valence-corrected chi connectivity index (χ2v) is 25.9. The number of aromatic nitrogens is 14. The van der Waals surface area contributed by atoms with Crippen LogP contribution in [-0.2, 0) is 21.1 Å². The normalized spacial score (nSPS) is 10.9. The minimum atomic E-state index is 0.623. The Morgan fingerprint density at radius 3 is 1.14 bits per heavy atom. The number of nitrogens with one attached hydrogen (secondary N) is 1. The number of hydrogen-bond acceptors (Lipinski definition) is 17. The van der Waals surface area contributed by atoms with Gasteiger partial charge in [0.2, 0.25) is 11.8 Å². The van der Waals surface area contributed by atoms with E-state index in [0.29, 0.717) is 11.8 Å². The first kappa shape index (κ1) is 80.6. The van der Waals surface area contributed by atoms with Crippen LogP contribution in [0.25, 0.3) is 0 Å². The molecule has 11 aromatic rings. The maximum Gasteiger partial charge on any atom is 0.213 e. The van der Waals surface area contributed by atoms with Gasteiger partial charge in [-0.3, -0.25) is 9.78 Å². The summed E-state index contributed by atoms with van der Waals surface area (Å²) in [5, 5.41) is 26.1. The number of thiophene rings is 1. The Kier molecular flexibility index (Phi) is 39.8. The van der Waals surface area contributed by atoms with Crippen LogP contribution in [-0.4, -0.2) is 69.0 Å². The van der Waals surface area contributed by atoms with Gasteiger partial charge in [0, 0.05) is 104 Å². The largest absolute Gasteiger partial charge is 0.467 e. The third-order valence-corrected chi connectivity index (χ3v) is 13.7. The minimum absolute atomic E-state index is 0.623. The predicted octanol–water partition coefficient (Wildman–Crippen LogP) is 18.8. The van der Waals surface area contributed by atoms with Gasteiger partial charge in [-0.15, -0.1) is 38.0 Å². The van der Waals surface area contributed by atoms with E-state index in [2.05, 4.69) is 172 Å². The van der Waals surface area contributed by atoms with Gasteiger partial charge in [-0.25, -0.2) is 15.0 Å². The van der Waals surface area contributed by atoms with Crippen molar-refractivity contribution in [2.45, 2.75) is 172 Å². The molecule has 0 unspecified atom stereocenters. The number of aromatic amines is 1. The fourth-order valence-corrected chi connectivity index (χ4v) is 9.33. The van der Waals surface area contributed by atoms with Crippen LogP contribution in [0.15, 0.2) is 156 Å². The molecule has 2 aliphatic carbocycles. The molecule has 0 saturated heterocycles. The molecule has 18 nitrogen and oxygen atoms in total. The summed E-state index contributed by atoms with van der Waals surface area (Å²) in [6.45, 7) is 45.8. The van der Waals surface area contributed by atoms with Crippen LogP contribution in [0.2, 0.25) is 0 Å². The van der Waals surface area contributed by atoms with E-state index in [4.69, 9.17) is 17.8 Å². The smallest absolute Gasteiger partial charge is 0.213 e. The number of allylic oxidation sites excluding steroid dienone is 8. The SMILES string of the molecule is CC1=CC=C(C)C1.CC1=CC=C(C)C1.Cc1cc(C)[nH]n1.Cc1cc(C)on1.Cc1cc(C)sn1.Cc1ccc(C)o1.Cc1ccc(C)s1.Cc1ccn(C)c1.Cc1cn(C)cn1.Cc1cn(C)nn1.Cc1cnc(C)o1.Cc1cnc(C)s1.Cc1nnc(C)o1. The van der Waals surface area contributed by atoms with Gasteiger partial charge in [0.15, 0.2) is 5.89 Å². The summed E-state index contributed by atoms with van der Waals surface area (Å²) >= 11 is 5.13. The summed E-state index contributed by atoms with van der Waals surface area (Å²) < 4.78 is 29.3. The van der Waals surface area contributed by atoms with Crippen molar-refractivity contribution in [1.29, 1.82) is 0 Å². The number of nitrogens with zero attached hydrogens (tertiary/aromatic N) is 13. The van der Waals surface area contributed by atoms with Crippen molar-refractivity contribution in [3.05, 3.63) is 244 Å². The van der Waals surface area contributed by atoms with Gasteiger partial charge >= 0.3 is 0 Å². The van der Waals surface area contributed by atoms with Gasteiger partial charge in [-0.05, 0) is 211 Å². The highest BCUT2D eigenvalue weighted by molar-refractivity contribution is 7.12. The zero-order valence-electron chi connectivity index (χ0n) is 59.1. The van der Waals surface area contributed by atoms with Gasteiger partial charge in [-0.2, -0.15) is 9.47 Å². The number of rotatable bonds is 0. The number of furan rings is 1. The summed E-state index contributed by atoms with van der Waals surface area (Å²) in [4.78, 5) is 17.2. The van der Waals surface area contributed by atoms with Gasteiger partial charge < -0.3 is 26.9 Å². The Hall–Kier alpha value is -8.40. The number of H-pyrrole nitrogens is 1. The van der Waals surface area contributed by atoms with E-state index < -0.39 is 0 Å². The van der Waals surface area contributed by atoms with Crippen LogP contribution in [0, 0.1) is 132 Å². The van der Waals surface area contributed by atoms with Crippen LogP contribution < -0.4 is 0 Å². The molecule has 11 heterocycles. The summed E-state index contributed by atoms with van der Waals surface area (Å²) in [6.07, 6.45) is 24.4. The minimum Gasteiger partial charge on any atom is -0.467 e. The van der Waals surface area contributed by atoms with E-state index >= 15 is 0 Å². The Labute approximate surface area is 554 Å². The van der Waals surface area contributed by atoms with Crippen LogP contribution in [0.5, 0.6) is 0 Å². The lowest BCUT2D eigenvalue weighted by Crippen LogP contribution is -1.85. The van der Waals surface area contributed by atoms with Crippen molar-refractivity contribution < 1.29 is 17.8 Å². The second kappa shape index (κ2) is 44.9. The van der Waals surface area contributed by atoms with E-state index in [1.807, 2.05) is 174 Å². The molecule has 0 fully saturated rings. The van der Waals surface area contributed by atoms with Crippen LogP contribution in [0.4, 0.5) is 0 Å². The van der Waals surface area contributed by atoms with Crippen molar-refractivity contribution >= 4 is 34.2 Å². The Morgan fingerprint density at radius 2 is 1.01 bits per heavy atom. The summed E-state index contributed by atoms with van der Waals surface area (Å²) in [7, 11) is 5.83. The lowest BCUT2D eigenvalue weighted by atomic mass is 10.2. The van der Waals surface area contributed by atoms with Gasteiger partial charge in [-0.1, -0.05) is 57.0 Å². The third kappa shape index (κ3) is 43.8. The average molecular weight is 1300 g/mol. The topological polar surface area (TPSA) is 212 Å². The van der Waals surface area contributed by atoms with Crippen LogP contribution >= 0.6 is 34.2 Å². The highest BCUT2D eigenvalue weighted by Crippen LogP contribution is 2.17. The maximum atomic E-state index is 5.08. The molecule has 0 radical (unpaired) electrons. The number of oxazole rings is 1. The van der Waals surface area contributed by atoms with Gasteiger partial charge in [0.25, 0.3) is 0 Å². The molecular weight excluding hydrogens is 1200 g/mol. The van der Waals surface area contributed by atoms with Gasteiger partial charge in [0.05, 0.1) is 46.0 Å². The molecule has 0 amide bonds. The molecule has 0 atom stereocenters. The molecule has 0 spiro atoms. The van der Waals surface area contributed by atoms with Gasteiger partial charge in [0.1, 0.15) is 23.0 Å². The van der Waals surface area contributed by atoms with E-state index in [1.54, 1.807) is 53.9 Å². The fourth-order valence-electron chi connectivity index (χ4n) is 7.31. The van der Waals surface area contributed by atoms with Crippen molar-refractivity contribution in [2.24, 2.45) is 21.1 Å². The predicted molar refractivity (Wildman–Crippen MR) is 377 cm³/mol. The molecular formula is C70H102N14O4S3. The number of hydrogen-bond donors (Lipinski definition) is 1. The van der Waals surface area contributed by atoms with Crippen molar-refractivity contribution in [2.75, 3.05) is 0 Å². The number of imidazole rings is 1. The molecule has 494 valence electrons. The average Bonchev–Trinajstić information content (AvgIpc) is 4.26. The first-order valence-electron chi connectivity index (χ1n) is 29.7. The maximum absolute atomic E-state index is 5.08. The molecule has 0 aliphatic heterocycles. The van der Waals surface area contributed by atoms with Crippen molar-refractivity contribution in [3.8, 4) is 0 Å². The molecule has 91 heavy (non-hydrogen) atoms. The zero-order chi connectivity index (χ0) is 68.6. The van der Waals surface area contributed by atoms with E-state index in [1.165, 1.54) is 60.2 Å². The van der Waals surface area contributed by atoms with E-state index in [9.17, 15) is 0 Å². The molecule has 1 N–H and O–H groups in total. The quantitative estimate of drug-likeness (QED) is 0.150. The molecule has 0 aromatic carbocycles. The highest BCUT2D eigenvalue weighted by atomic mass is 32.1. The number of aryl methyl sites for hydroxylation is 22. The third-order valence-electron chi connectivity index (χ3n) is 11.1. The Bertz CT molecular complexity index is 2820. The summed E-state index contributed by atoms with van der Waals surface area (Å²) in [5.74, 6) is 5.69. The van der Waals surface area contributed by atoms with Crippen LogP contribution in [0.1, 0.15) is 145 Å². The summed E-state index contributed by atoms with van der Waals surface area (Å²) in [5.41, 5.74) is 13.5. The second-order valence-electron chi connectivity index (χ2n) is 22.0. The van der Waals surface area contributed by atoms with Crippen LogP contribution in [0.3, 0.4) is 0 Å². The standard InChI is InChI=1S/2C7H10.C6H9N.C6H8O.C6H8S.2C5H8N2.2C5H7NO.2C5H7NS.C4H7N3.C4H6N2O/c3*1-6-3-4-7(2)5-6;2*1-5-3-4-6(2)7-5;1-5-3-7(2)4-6-5;1-4-3-5(2)7-6-4;1-4-3-6-5(2)7-4;1-4-3-5(2)7-6-4;1-4-3-6-5(2)7-4;1-4-3-5(2)7-6-4;1-4-3-7(2)6-5-4;1-3-5-6-4(2)7-3/h2*3-4H,5H2,1-2H3;3-5H,1-2H3;3*3-4H,1-2H3;3H,1-2H3,(H,6,7);5*3H,1-2H3;1-2H3. The lowest BCUT2D eigenvalue weighted by Gasteiger charge is -1.87.